The topological polar surface area (TPSA) is 33.4 Å². The van der Waals surface area contributed by atoms with E-state index in [4.69, 9.17) is 10.1 Å². The van der Waals surface area contributed by atoms with E-state index in [1.807, 2.05) is 53.2 Å². The molecule has 0 amide bonds. The fourth-order valence-corrected chi connectivity index (χ4v) is 4.64. The van der Waals surface area contributed by atoms with Gasteiger partial charge in [-0.15, -0.1) is 0 Å². The molecule has 1 fully saturated rings. The van der Waals surface area contributed by atoms with Gasteiger partial charge in [0.2, 0.25) is 0 Å². The second-order valence-corrected chi connectivity index (χ2v) is 8.46. The summed E-state index contributed by atoms with van der Waals surface area (Å²) < 4.78 is 15.7. The van der Waals surface area contributed by atoms with Gasteiger partial charge in [0.25, 0.3) is 0 Å². The summed E-state index contributed by atoms with van der Waals surface area (Å²) in [5.41, 5.74) is 5.23. The molecule has 1 atom stereocenters. The number of amidine groups is 1. The first kappa shape index (κ1) is 19.0. The van der Waals surface area contributed by atoms with Crippen LogP contribution in [0.1, 0.15) is 41.3 Å². The van der Waals surface area contributed by atoms with E-state index in [0.717, 1.165) is 47.0 Å². The van der Waals surface area contributed by atoms with Crippen LogP contribution in [0.3, 0.4) is 0 Å². The minimum absolute atomic E-state index is 0.00807. The van der Waals surface area contributed by atoms with E-state index in [1.54, 1.807) is 0 Å². The highest BCUT2D eigenvalue weighted by Crippen LogP contribution is 2.47. The summed E-state index contributed by atoms with van der Waals surface area (Å²) in [6, 6.07) is 27.8. The monoisotopic (exact) mass is 422 g/mol. The average molecular weight is 423 g/mol. The zero-order valence-corrected chi connectivity index (χ0v) is 17.8. The van der Waals surface area contributed by atoms with E-state index >= 15 is 0 Å². The Morgan fingerprint density at radius 1 is 0.844 bits per heavy atom. The number of aromatic nitrogens is 2. The van der Waals surface area contributed by atoms with Crippen molar-refractivity contribution >= 4 is 11.7 Å². The Kier molecular flexibility index (Phi) is 4.42. The Hall–Kier alpha value is -3.73. The van der Waals surface area contributed by atoms with Crippen LogP contribution < -0.4 is 0 Å². The van der Waals surface area contributed by atoms with Crippen molar-refractivity contribution in [3.8, 4) is 5.69 Å². The minimum Gasteiger partial charge on any atom is -0.342 e. The van der Waals surface area contributed by atoms with Crippen molar-refractivity contribution in [3.63, 3.8) is 0 Å². The van der Waals surface area contributed by atoms with E-state index < -0.39 is 0 Å². The summed E-state index contributed by atoms with van der Waals surface area (Å²) in [6.07, 6.45) is 2.26. The molecule has 3 aromatic carbocycles. The van der Waals surface area contributed by atoms with Gasteiger partial charge in [-0.3, -0.25) is 0 Å². The van der Waals surface area contributed by atoms with Crippen molar-refractivity contribution in [2.24, 2.45) is 4.99 Å². The molecule has 1 aromatic heterocycles. The molecule has 32 heavy (non-hydrogen) atoms. The SMILES string of the molecule is Cc1nn(-c2ccccc2)c2c1[C@H](c1ccccc1)N(C1CC1)C(c1ccc(F)cc1)=N2. The maximum Gasteiger partial charge on any atom is 0.163 e. The Bertz CT molecular complexity index is 1290. The van der Waals surface area contributed by atoms with Crippen LogP contribution in [-0.4, -0.2) is 26.6 Å². The van der Waals surface area contributed by atoms with Gasteiger partial charge in [-0.1, -0.05) is 48.5 Å². The second kappa shape index (κ2) is 7.45. The third kappa shape index (κ3) is 3.12. The van der Waals surface area contributed by atoms with Crippen molar-refractivity contribution in [2.45, 2.75) is 31.8 Å². The number of rotatable bonds is 4. The van der Waals surface area contributed by atoms with E-state index in [9.17, 15) is 4.39 Å². The van der Waals surface area contributed by atoms with Gasteiger partial charge in [-0.25, -0.2) is 14.1 Å². The molecule has 0 unspecified atom stereocenters. The molecule has 1 saturated carbocycles. The average Bonchev–Trinajstić information content (AvgIpc) is 3.63. The number of aryl methyl sites for hydroxylation is 1. The lowest BCUT2D eigenvalue weighted by Crippen LogP contribution is -2.40. The highest BCUT2D eigenvalue weighted by Gasteiger charge is 2.43. The van der Waals surface area contributed by atoms with Crippen LogP contribution in [0.4, 0.5) is 10.2 Å². The van der Waals surface area contributed by atoms with Gasteiger partial charge in [0.1, 0.15) is 11.7 Å². The molecule has 1 aliphatic heterocycles. The number of halogens is 1. The third-order valence-corrected chi connectivity index (χ3v) is 6.25. The first-order valence-electron chi connectivity index (χ1n) is 11.0. The molecule has 2 aliphatic rings. The standard InChI is InChI=1S/C27H23FN4/c1-18-24-25(19-8-4-2-5-9-19)31(22-16-17-22)26(20-12-14-21(28)15-13-20)29-27(24)32(30-18)23-10-6-3-7-11-23/h2-15,22,25H,16-17H2,1H3/t25-/m0/s1. The van der Waals surface area contributed by atoms with Crippen LogP contribution in [-0.2, 0) is 0 Å². The quantitative estimate of drug-likeness (QED) is 0.406. The lowest BCUT2D eigenvalue weighted by molar-refractivity contribution is 0.341. The number of para-hydroxylation sites is 1. The van der Waals surface area contributed by atoms with Crippen molar-refractivity contribution in [1.29, 1.82) is 0 Å². The van der Waals surface area contributed by atoms with Crippen LogP contribution in [0.2, 0.25) is 0 Å². The molecular weight excluding hydrogens is 399 g/mol. The molecule has 4 aromatic rings. The first-order valence-corrected chi connectivity index (χ1v) is 11.0. The van der Waals surface area contributed by atoms with Crippen LogP contribution in [0.15, 0.2) is 89.9 Å². The van der Waals surface area contributed by atoms with E-state index in [2.05, 4.69) is 36.1 Å². The molecule has 5 heteroatoms. The zero-order chi connectivity index (χ0) is 21.7. The Morgan fingerprint density at radius 3 is 2.16 bits per heavy atom. The number of nitrogens with zero attached hydrogens (tertiary/aromatic N) is 4. The summed E-state index contributed by atoms with van der Waals surface area (Å²) in [6.45, 7) is 2.07. The number of benzene rings is 3. The Morgan fingerprint density at radius 2 is 1.50 bits per heavy atom. The number of fused-ring (bicyclic) bond motifs is 1. The van der Waals surface area contributed by atoms with Gasteiger partial charge in [-0.2, -0.15) is 5.10 Å². The smallest absolute Gasteiger partial charge is 0.163 e. The van der Waals surface area contributed by atoms with E-state index in [-0.39, 0.29) is 11.9 Å². The summed E-state index contributed by atoms with van der Waals surface area (Å²) in [7, 11) is 0. The van der Waals surface area contributed by atoms with Crippen molar-refractivity contribution in [3.05, 3.63) is 113 Å². The minimum atomic E-state index is -0.242. The lowest BCUT2D eigenvalue weighted by Gasteiger charge is -2.38. The third-order valence-electron chi connectivity index (χ3n) is 6.25. The molecule has 4 nitrogen and oxygen atoms in total. The number of hydrogen-bond donors (Lipinski definition) is 0. The van der Waals surface area contributed by atoms with Gasteiger partial charge < -0.3 is 4.90 Å². The Balaban J connectivity index is 1.63. The molecule has 0 bridgehead atoms. The van der Waals surface area contributed by atoms with Crippen LogP contribution >= 0.6 is 0 Å². The molecule has 158 valence electrons. The predicted molar refractivity (Wildman–Crippen MR) is 124 cm³/mol. The maximum absolute atomic E-state index is 13.7. The van der Waals surface area contributed by atoms with Crippen LogP contribution in [0.25, 0.3) is 5.69 Å². The van der Waals surface area contributed by atoms with Crippen LogP contribution in [0.5, 0.6) is 0 Å². The fourth-order valence-electron chi connectivity index (χ4n) is 4.64. The largest absolute Gasteiger partial charge is 0.342 e. The Labute approximate surface area is 186 Å². The van der Waals surface area contributed by atoms with Crippen molar-refractivity contribution in [2.75, 3.05) is 0 Å². The van der Waals surface area contributed by atoms with Gasteiger partial charge in [0, 0.05) is 17.2 Å². The summed E-state index contributed by atoms with van der Waals surface area (Å²) >= 11 is 0. The predicted octanol–water partition coefficient (Wildman–Crippen LogP) is 5.97. The summed E-state index contributed by atoms with van der Waals surface area (Å²) in [4.78, 5) is 7.61. The van der Waals surface area contributed by atoms with Gasteiger partial charge in [-0.05, 0) is 61.7 Å². The number of hydrogen-bond acceptors (Lipinski definition) is 3. The van der Waals surface area contributed by atoms with Gasteiger partial charge >= 0.3 is 0 Å². The lowest BCUT2D eigenvalue weighted by atomic mass is 9.94. The highest BCUT2D eigenvalue weighted by molar-refractivity contribution is 6.02. The van der Waals surface area contributed by atoms with Crippen molar-refractivity contribution in [1.82, 2.24) is 14.7 Å². The van der Waals surface area contributed by atoms with E-state index in [1.165, 1.54) is 17.7 Å². The molecular formula is C27H23FN4. The molecule has 1 aliphatic carbocycles. The summed E-state index contributed by atoms with van der Waals surface area (Å²) in [5, 5.41) is 4.92. The molecule has 0 spiro atoms. The molecule has 0 saturated heterocycles. The zero-order valence-electron chi connectivity index (χ0n) is 17.8. The summed E-state index contributed by atoms with van der Waals surface area (Å²) in [5.74, 6) is 1.48. The van der Waals surface area contributed by atoms with Gasteiger partial charge in [0.05, 0.1) is 17.4 Å². The fraction of sp³-hybridized carbons (Fsp3) is 0.185. The first-order chi connectivity index (χ1) is 15.7. The number of aliphatic imine (C=N–C) groups is 1. The van der Waals surface area contributed by atoms with Crippen LogP contribution in [0, 0.1) is 12.7 Å². The van der Waals surface area contributed by atoms with Gasteiger partial charge in [0.15, 0.2) is 5.82 Å². The molecule has 0 radical (unpaired) electrons. The maximum atomic E-state index is 13.7. The molecule has 2 heterocycles. The second-order valence-electron chi connectivity index (χ2n) is 8.46. The highest BCUT2D eigenvalue weighted by atomic mass is 19.1. The van der Waals surface area contributed by atoms with Crippen molar-refractivity contribution < 1.29 is 4.39 Å². The molecule has 6 rings (SSSR count). The molecule has 0 N–H and O–H groups in total. The normalized spacial score (nSPS) is 17.8. The van der Waals surface area contributed by atoms with E-state index in [0.29, 0.717) is 6.04 Å².